The zero-order chi connectivity index (χ0) is 40.1. The van der Waals surface area contributed by atoms with Crippen LogP contribution in [-0.2, 0) is 9.59 Å². The fourth-order valence-electron chi connectivity index (χ4n) is 8.06. The van der Waals surface area contributed by atoms with Gasteiger partial charge >= 0.3 is 0 Å². The van der Waals surface area contributed by atoms with Crippen molar-refractivity contribution in [2.75, 3.05) is 24.1 Å². The van der Waals surface area contributed by atoms with Crippen LogP contribution in [0.15, 0.2) is 65.7 Å². The number of likely N-dealkylation sites (tertiary alicyclic amines) is 1. The quantitative estimate of drug-likeness (QED) is 0.115. The number of nitriles is 1. The molecular formula is C43H53F2N7O4. The van der Waals surface area contributed by atoms with Gasteiger partial charge in [0.2, 0.25) is 11.8 Å². The molecule has 2 aliphatic heterocycles. The van der Waals surface area contributed by atoms with Crippen LogP contribution in [0.25, 0.3) is 10.9 Å². The molecule has 1 atom stereocenters. The van der Waals surface area contributed by atoms with Crippen molar-refractivity contribution in [1.82, 2.24) is 20.2 Å². The first-order valence-corrected chi connectivity index (χ1v) is 19.9. The molecule has 4 aromatic rings. The number of nitrogens with one attached hydrogen (secondary N) is 3. The van der Waals surface area contributed by atoms with Crippen molar-refractivity contribution in [3.63, 3.8) is 0 Å². The van der Waals surface area contributed by atoms with Crippen molar-refractivity contribution >= 4 is 34.1 Å². The smallest absolute Gasteiger partial charge is 0.258 e. The van der Waals surface area contributed by atoms with Crippen molar-refractivity contribution in [3.8, 4) is 17.6 Å². The third-order valence-electron chi connectivity index (χ3n) is 11.1. The molecule has 0 radical (unpaired) electrons. The monoisotopic (exact) mass is 769 g/mol. The number of hydrogen-bond donors (Lipinski definition) is 4. The van der Waals surface area contributed by atoms with Gasteiger partial charge in [-0.1, -0.05) is 52.0 Å². The number of nitrogens with zero attached hydrogens (tertiary/aromatic N) is 3. The number of aromatic nitrogens is 2. The van der Waals surface area contributed by atoms with Gasteiger partial charge < -0.3 is 25.7 Å². The lowest BCUT2D eigenvalue weighted by molar-refractivity contribution is -0.133. The van der Waals surface area contributed by atoms with Crippen LogP contribution in [-0.4, -0.2) is 51.9 Å². The first-order valence-electron chi connectivity index (χ1n) is 19.9. The summed E-state index contributed by atoms with van der Waals surface area (Å²) in [7, 11) is 0. The molecule has 4 aliphatic rings. The van der Waals surface area contributed by atoms with Crippen LogP contribution in [0.3, 0.4) is 0 Å². The molecule has 3 aromatic carbocycles. The number of rotatable bonds is 5. The Bertz CT molecular complexity index is 2040. The maximum atomic E-state index is 13.9. The molecule has 298 valence electrons. The van der Waals surface area contributed by atoms with Crippen molar-refractivity contribution in [3.05, 3.63) is 88.5 Å². The number of nitrogen functional groups attached to an aromatic ring is 1. The molecule has 2 amide bonds. The van der Waals surface area contributed by atoms with Gasteiger partial charge in [0.1, 0.15) is 29.2 Å². The number of fused-ring (bicyclic) bond motifs is 1. The van der Waals surface area contributed by atoms with E-state index in [4.69, 9.17) is 15.7 Å². The highest BCUT2D eigenvalue weighted by atomic mass is 19.1. The Kier molecular flexibility index (Phi) is 14.9. The first-order chi connectivity index (χ1) is 27.1. The van der Waals surface area contributed by atoms with Gasteiger partial charge in [-0.15, -0.1) is 0 Å². The Morgan fingerprint density at radius 2 is 1.66 bits per heavy atom. The summed E-state index contributed by atoms with van der Waals surface area (Å²) in [6.45, 7) is 6.84. The zero-order valence-corrected chi connectivity index (χ0v) is 32.3. The summed E-state index contributed by atoms with van der Waals surface area (Å²) in [5.74, 6) is -1.78. The van der Waals surface area contributed by atoms with Gasteiger partial charge in [-0.2, -0.15) is 5.26 Å². The van der Waals surface area contributed by atoms with Gasteiger partial charge in [-0.05, 0) is 112 Å². The number of anilines is 2. The van der Waals surface area contributed by atoms with E-state index < -0.39 is 11.9 Å². The Hall–Kier alpha value is -5.35. The zero-order valence-electron chi connectivity index (χ0n) is 32.3. The largest absolute Gasteiger partial charge is 0.453 e. The van der Waals surface area contributed by atoms with Crippen LogP contribution >= 0.6 is 0 Å². The number of aromatic amines is 1. The minimum atomic E-state index is -0.717. The lowest BCUT2D eigenvalue weighted by Crippen LogP contribution is -2.47. The van der Waals surface area contributed by atoms with Gasteiger partial charge in [-0.3, -0.25) is 19.7 Å². The van der Waals surface area contributed by atoms with Gasteiger partial charge in [0, 0.05) is 18.2 Å². The number of benzene rings is 3. The van der Waals surface area contributed by atoms with E-state index >= 15 is 0 Å². The molecule has 0 bridgehead atoms. The number of H-pyrrole nitrogens is 1. The fourth-order valence-corrected chi connectivity index (χ4v) is 8.06. The van der Waals surface area contributed by atoms with Gasteiger partial charge in [0.25, 0.3) is 5.56 Å². The Morgan fingerprint density at radius 1 is 0.929 bits per heavy atom. The molecule has 3 heterocycles. The Balaban J connectivity index is 0.000000160. The summed E-state index contributed by atoms with van der Waals surface area (Å²) in [5, 5.41) is 14.5. The minimum absolute atomic E-state index is 0.0970. The normalized spacial score (nSPS) is 19.2. The molecule has 1 spiro atoms. The number of amides is 2. The molecule has 56 heavy (non-hydrogen) atoms. The molecule has 4 fully saturated rings. The maximum Gasteiger partial charge on any atom is 0.258 e. The van der Waals surface area contributed by atoms with Crippen molar-refractivity contribution < 1.29 is 23.1 Å². The number of hydrogen-bond acceptors (Lipinski definition) is 9. The summed E-state index contributed by atoms with van der Waals surface area (Å²) >= 11 is 0. The third-order valence-corrected chi connectivity index (χ3v) is 11.1. The lowest BCUT2D eigenvalue weighted by atomic mass is 9.76. The minimum Gasteiger partial charge on any atom is -0.453 e. The fraction of sp³-hybridized carbons (Fsp3) is 0.465. The highest BCUT2D eigenvalue weighted by Crippen LogP contribution is 2.46. The number of nitrogens with two attached hydrogens (primary N) is 1. The molecule has 2 saturated carbocycles. The number of halogens is 2. The molecule has 1 unspecified atom stereocenters. The van der Waals surface area contributed by atoms with Crippen LogP contribution in [0.5, 0.6) is 11.5 Å². The van der Waals surface area contributed by atoms with Crippen LogP contribution in [0.1, 0.15) is 103 Å². The summed E-state index contributed by atoms with van der Waals surface area (Å²) in [6, 6.07) is 15.1. The van der Waals surface area contributed by atoms with E-state index in [0.717, 1.165) is 17.5 Å². The number of imide groups is 1. The predicted molar refractivity (Wildman–Crippen MR) is 214 cm³/mol. The van der Waals surface area contributed by atoms with E-state index in [-0.39, 0.29) is 45.9 Å². The topological polar surface area (TPSA) is 166 Å². The lowest BCUT2D eigenvalue weighted by Gasteiger charge is -2.43. The second-order valence-corrected chi connectivity index (χ2v) is 14.7. The molecule has 2 aliphatic carbocycles. The second-order valence-electron chi connectivity index (χ2n) is 14.7. The highest BCUT2D eigenvalue weighted by molar-refractivity contribution is 6.01. The van der Waals surface area contributed by atoms with Crippen molar-refractivity contribution in [1.29, 1.82) is 5.26 Å². The average Bonchev–Trinajstić information content (AvgIpc) is 3.67. The summed E-state index contributed by atoms with van der Waals surface area (Å²) in [6.07, 6.45) is 18.7. The first kappa shape index (κ1) is 41.8. The molecule has 2 saturated heterocycles. The summed E-state index contributed by atoms with van der Waals surface area (Å²) in [5.41, 5.74) is 7.13. The van der Waals surface area contributed by atoms with Crippen LogP contribution in [0, 0.1) is 28.4 Å². The van der Waals surface area contributed by atoms with E-state index in [1.165, 1.54) is 108 Å². The summed E-state index contributed by atoms with van der Waals surface area (Å²) in [4.78, 5) is 43.3. The molecule has 11 nitrogen and oxygen atoms in total. The highest BCUT2D eigenvalue weighted by Gasteiger charge is 2.38. The third kappa shape index (κ3) is 10.9. The summed E-state index contributed by atoms with van der Waals surface area (Å²) < 4.78 is 32.2. The van der Waals surface area contributed by atoms with Crippen LogP contribution < -0.4 is 26.7 Å². The average molecular weight is 770 g/mol. The molecular weight excluding hydrogens is 717 g/mol. The molecule has 13 heteroatoms. The molecule has 5 N–H and O–H groups in total. The van der Waals surface area contributed by atoms with E-state index in [1.807, 2.05) is 13.8 Å². The predicted octanol–water partition coefficient (Wildman–Crippen LogP) is 8.35. The van der Waals surface area contributed by atoms with Crippen LogP contribution in [0.2, 0.25) is 0 Å². The second kappa shape index (κ2) is 20.0. The Labute approximate surface area is 327 Å². The van der Waals surface area contributed by atoms with Crippen molar-refractivity contribution in [2.24, 2.45) is 5.41 Å². The number of ether oxygens (including phenoxy) is 1. The number of carbonyl (C=O) groups is 2. The van der Waals surface area contributed by atoms with Crippen LogP contribution in [0.4, 0.5) is 20.2 Å². The van der Waals surface area contributed by atoms with E-state index in [1.54, 1.807) is 37.1 Å². The number of carbonyl (C=O) groups excluding carboxylic acids is 2. The van der Waals surface area contributed by atoms with E-state index in [9.17, 15) is 23.2 Å². The SMILES string of the molecule is C1CCC(N2CCC3(CCCC3)CC2)CC1.CC.N#Cc1c(N)ccc(F)c1Oc1ccc2nc[nH]c(=O)c2c1.O=C1CCC(Nc2cccc(F)c2)C(=O)N1. The standard InChI is InChI=1S/C15H9FN4O2.C15H27N.C11H11FN2O2.C2H6/c16-11-2-3-12(18)10(6-17)14(11)22-8-1-4-13-9(5-8)15(21)20-7-19-13;1-2-6-14(7-3-1)16-12-10-15(11-13-16)8-4-5-9-15;12-7-2-1-3-8(6-7)13-9-4-5-10(15)14-11(9)16;1-2/h1-5,7H,18H2,(H,19,20,21);14H,1-13H2;1-3,6,9,13H,4-5H2,(H,14,15,16);1-2H3. The van der Waals surface area contributed by atoms with Crippen molar-refractivity contribution in [2.45, 2.75) is 109 Å². The van der Waals surface area contributed by atoms with E-state index in [0.29, 0.717) is 29.4 Å². The van der Waals surface area contributed by atoms with E-state index in [2.05, 4.69) is 25.5 Å². The molecule has 8 rings (SSSR count). The Morgan fingerprint density at radius 3 is 2.34 bits per heavy atom. The maximum absolute atomic E-state index is 13.9. The van der Waals surface area contributed by atoms with Gasteiger partial charge in [0.15, 0.2) is 11.6 Å². The van der Waals surface area contributed by atoms with Gasteiger partial charge in [0.05, 0.1) is 22.9 Å². The number of piperidine rings is 2. The van der Waals surface area contributed by atoms with Gasteiger partial charge in [-0.25, -0.2) is 13.8 Å². The molecule has 1 aromatic heterocycles.